The lowest BCUT2D eigenvalue weighted by molar-refractivity contribution is -0.114. The van der Waals surface area contributed by atoms with Crippen LogP contribution in [0.15, 0.2) is 78.9 Å². The number of halogens is 1. The largest absolute Gasteiger partial charge is 0.457 e. The van der Waals surface area contributed by atoms with Gasteiger partial charge in [0.05, 0.1) is 5.69 Å². The molecule has 7 nitrogen and oxygen atoms in total. The molecule has 0 saturated carbocycles. The van der Waals surface area contributed by atoms with Gasteiger partial charge in [0.15, 0.2) is 0 Å². The first-order chi connectivity index (χ1) is 14.8. The number of nitrogens with zero attached hydrogens (tertiary/aromatic N) is 2. The summed E-state index contributed by atoms with van der Waals surface area (Å²) < 4.78 is 47.0. The Balaban J connectivity index is 1.73. The van der Waals surface area contributed by atoms with E-state index in [2.05, 4.69) is 5.32 Å². The first kappa shape index (κ1) is 22.3. The molecule has 0 saturated heterocycles. The molecule has 162 valence electrons. The van der Waals surface area contributed by atoms with Crippen molar-refractivity contribution in [3.8, 4) is 11.5 Å². The lowest BCUT2D eigenvalue weighted by Gasteiger charge is -2.27. The third-order valence-corrected chi connectivity index (χ3v) is 6.07. The van der Waals surface area contributed by atoms with Crippen LogP contribution < -0.4 is 14.4 Å². The van der Waals surface area contributed by atoms with Crippen LogP contribution in [0.3, 0.4) is 0 Å². The SMILES string of the molecule is CN(C)S(=O)(=O)N(CC(=O)Nc1ccc(Oc2ccccc2)cc1)c1ccccc1F. The van der Waals surface area contributed by atoms with Crippen molar-refractivity contribution in [3.63, 3.8) is 0 Å². The van der Waals surface area contributed by atoms with Crippen molar-refractivity contribution in [3.05, 3.63) is 84.7 Å². The van der Waals surface area contributed by atoms with E-state index in [4.69, 9.17) is 4.74 Å². The zero-order valence-electron chi connectivity index (χ0n) is 17.0. The fourth-order valence-electron chi connectivity index (χ4n) is 2.70. The van der Waals surface area contributed by atoms with Gasteiger partial charge in [-0.25, -0.2) is 8.70 Å². The van der Waals surface area contributed by atoms with Crippen LogP contribution in [0.25, 0.3) is 0 Å². The fraction of sp³-hybridized carbons (Fsp3) is 0.136. The van der Waals surface area contributed by atoms with Gasteiger partial charge in [0.1, 0.15) is 23.9 Å². The molecule has 0 aliphatic carbocycles. The van der Waals surface area contributed by atoms with Crippen LogP contribution in [0, 0.1) is 5.82 Å². The smallest absolute Gasteiger partial charge is 0.304 e. The molecule has 1 N–H and O–H groups in total. The maximum atomic E-state index is 14.3. The number of carbonyl (C=O) groups is 1. The number of rotatable bonds is 8. The minimum absolute atomic E-state index is 0.210. The van der Waals surface area contributed by atoms with E-state index in [0.29, 0.717) is 17.2 Å². The summed E-state index contributed by atoms with van der Waals surface area (Å²) in [5, 5.41) is 2.62. The molecule has 3 rings (SSSR count). The zero-order valence-corrected chi connectivity index (χ0v) is 17.8. The molecule has 31 heavy (non-hydrogen) atoms. The quantitative estimate of drug-likeness (QED) is 0.573. The molecule has 0 atom stereocenters. The van der Waals surface area contributed by atoms with Gasteiger partial charge in [-0.05, 0) is 48.5 Å². The Kier molecular flexibility index (Phi) is 6.88. The van der Waals surface area contributed by atoms with Crippen molar-refractivity contribution in [1.29, 1.82) is 0 Å². The van der Waals surface area contributed by atoms with Gasteiger partial charge in [0, 0.05) is 19.8 Å². The fourth-order valence-corrected chi connectivity index (χ4v) is 3.78. The number of hydrogen-bond acceptors (Lipinski definition) is 4. The molecule has 9 heteroatoms. The maximum Gasteiger partial charge on any atom is 0.304 e. The van der Waals surface area contributed by atoms with Crippen LogP contribution in [0.1, 0.15) is 0 Å². The van der Waals surface area contributed by atoms with Gasteiger partial charge in [-0.1, -0.05) is 30.3 Å². The van der Waals surface area contributed by atoms with Gasteiger partial charge in [-0.15, -0.1) is 0 Å². The molecule has 3 aromatic rings. The van der Waals surface area contributed by atoms with E-state index >= 15 is 0 Å². The third kappa shape index (κ3) is 5.59. The molecule has 0 aliphatic rings. The minimum atomic E-state index is -4.10. The summed E-state index contributed by atoms with van der Waals surface area (Å²) in [5.41, 5.74) is 0.235. The Morgan fingerprint density at radius 2 is 1.48 bits per heavy atom. The Morgan fingerprint density at radius 1 is 0.903 bits per heavy atom. The maximum absolute atomic E-state index is 14.3. The summed E-state index contributed by atoms with van der Waals surface area (Å²) in [7, 11) is -1.47. The highest BCUT2D eigenvalue weighted by Gasteiger charge is 2.29. The lowest BCUT2D eigenvalue weighted by Crippen LogP contribution is -2.44. The molecule has 0 fully saturated rings. The molecule has 0 spiro atoms. The Labute approximate surface area is 180 Å². The second-order valence-electron chi connectivity index (χ2n) is 6.74. The van der Waals surface area contributed by atoms with Gasteiger partial charge in [0.2, 0.25) is 5.91 Å². The Bertz CT molecular complexity index is 1140. The van der Waals surface area contributed by atoms with Gasteiger partial charge < -0.3 is 10.1 Å². The summed E-state index contributed by atoms with van der Waals surface area (Å²) in [5.74, 6) is -0.116. The van der Waals surface area contributed by atoms with Gasteiger partial charge in [0.25, 0.3) is 0 Å². The van der Waals surface area contributed by atoms with E-state index in [9.17, 15) is 17.6 Å². The highest BCUT2D eigenvalue weighted by Crippen LogP contribution is 2.24. The molecule has 0 heterocycles. The second kappa shape index (κ2) is 9.59. The van der Waals surface area contributed by atoms with E-state index in [1.54, 1.807) is 24.3 Å². The van der Waals surface area contributed by atoms with Crippen LogP contribution in [-0.4, -0.2) is 39.3 Å². The first-order valence-corrected chi connectivity index (χ1v) is 10.7. The summed E-state index contributed by atoms with van der Waals surface area (Å²) in [4.78, 5) is 12.6. The average molecular weight is 444 g/mol. The zero-order chi connectivity index (χ0) is 22.4. The predicted molar refractivity (Wildman–Crippen MR) is 118 cm³/mol. The van der Waals surface area contributed by atoms with Crippen LogP contribution >= 0.6 is 0 Å². The number of benzene rings is 3. The summed E-state index contributed by atoms with van der Waals surface area (Å²) in [6.07, 6.45) is 0. The third-order valence-electron chi connectivity index (χ3n) is 4.27. The van der Waals surface area contributed by atoms with Gasteiger partial charge in [-0.3, -0.25) is 4.79 Å². The van der Waals surface area contributed by atoms with E-state index in [0.717, 1.165) is 14.7 Å². The molecule has 0 unspecified atom stereocenters. The van der Waals surface area contributed by atoms with E-state index in [-0.39, 0.29) is 5.69 Å². The molecule has 1 amide bonds. The summed E-state index contributed by atoms with van der Waals surface area (Å²) >= 11 is 0. The number of para-hydroxylation sites is 2. The van der Waals surface area contributed by atoms with Crippen molar-refractivity contribution in [2.75, 3.05) is 30.3 Å². The molecular formula is C22H22FN3O4S. The molecule has 0 aliphatic heterocycles. The number of ether oxygens (including phenoxy) is 1. The number of hydrogen-bond donors (Lipinski definition) is 1. The topological polar surface area (TPSA) is 79.0 Å². The molecule has 0 bridgehead atoms. The average Bonchev–Trinajstić information content (AvgIpc) is 2.74. The van der Waals surface area contributed by atoms with Crippen LogP contribution in [0.2, 0.25) is 0 Å². The monoisotopic (exact) mass is 443 g/mol. The minimum Gasteiger partial charge on any atom is -0.457 e. The predicted octanol–water partition coefficient (Wildman–Crippen LogP) is 3.87. The number of anilines is 2. The van der Waals surface area contributed by atoms with Crippen molar-refractivity contribution in [2.24, 2.45) is 0 Å². The van der Waals surface area contributed by atoms with E-state index in [1.807, 2.05) is 30.3 Å². The van der Waals surface area contributed by atoms with E-state index < -0.39 is 28.5 Å². The van der Waals surface area contributed by atoms with Gasteiger partial charge >= 0.3 is 10.2 Å². The molecule has 0 radical (unpaired) electrons. The van der Waals surface area contributed by atoms with Crippen molar-refractivity contribution in [1.82, 2.24) is 4.31 Å². The number of carbonyl (C=O) groups excluding carboxylic acids is 1. The van der Waals surface area contributed by atoms with Gasteiger partial charge in [-0.2, -0.15) is 12.7 Å². The molecule has 3 aromatic carbocycles. The highest BCUT2D eigenvalue weighted by molar-refractivity contribution is 7.90. The summed E-state index contributed by atoms with van der Waals surface area (Å²) in [6.45, 7) is -0.594. The summed E-state index contributed by atoms with van der Waals surface area (Å²) in [6, 6.07) is 21.2. The standard InChI is InChI=1S/C22H22FN3O4S/c1-25(2)31(28,29)26(21-11-7-6-10-20(21)23)16-22(27)24-17-12-14-19(15-13-17)30-18-8-4-3-5-9-18/h3-15H,16H2,1-2H3,(H,24,27). The van der Waals surface area contributed by atoms with Crippen LogP contribution in [0.5, 0.6) is 11.5 Å². The molecule has 0 aromatic heterocycles. The first-order valence-electron chi connectivity index (χ1n) is 9.35. The Hall–Kier alpha value is -3.43. The number of amides is 1. The van der Waals surface area contributed by atoms with Crippen molar-refractivity contribution >= 4 is 27.5 Å². The normalized spacial score (nSPS) is 11.2. The highest BCUT2D eigenvalue weighted by atomic mass is 32.2. The van der Waals surface area contributed by atoms with Crippen LogP contribution in [-0.2, 0) is 15.0 Å². The van der Waals surface area contributed by atoms with Crippen LogP contribution in [0.4, 0.5) is 15.8 Å². The Morgan fingerprint density at radius 3 is 2.10 bits per heavy atom. The van der Waals surface area contributed by atoms with E-state index in [1.165, 1.54) is 32.3 Å². The second-order valence-corrected chi connectivity index (χ2v) is 8.80. The molecular weight excluding hydrogens is 421 g/mol. The van der Waals surface area contributed by atoms with Crippen molar-refractivity contribution < 1.29 is 22.3 Å². The number of nitrogens with one attached hydrogen (secondary N) is 1. The van der Waals surface area contributed by atoms with Crippen molar-refractivity contribution in [2.45, 2.75) is 0 Å². The lowest BCUT2D eigenvalue weighted by atomic mass is 10.3.